The predicted molar refractivity (Wildman–Crippen MR) is 69.2 cm³/mol. The van der Waals surface area contributed by atoms with Crippen molar-refractivity contribution < 1.29 is 18.7 Å². The van der Waals surface area contributed by atoms with Crippen LogP contribution >= 0.6 is 0 Å². The predicted octanol–water partition coefficient (Wildman–Crippen LogP) is 1.92. The number of hydrogen-bond donors (Lipinski definition) is 3. The standard InChI is InChI=1S/C13H18F2N2O2/c1-9(16-7-13(14,15)8-18)11-4-3-5-12(6-11)17-10(2)19/h3-6,9,16,18H,7-8H2,1-2H3,(H,17,19). The number of amides is 1. The Hall–Kier alpha value is -1.53. The molecule has 106 valence electrons. The van der Waals surface area contributed by atoms with Gasteiger partial charge in [-0.1, -0.05) is 12.1 Å². The third kappa shape index (κ3) is 5.32. The van der Waals surface area contributed by atoms with E-state index in [2.05, 4.69) is 10.6 Å². The van der Waals surface area contributed by atoms with E-state index < -0.39 is 19.1 Å². The van der Waals surface area contributed by atoms with Gasteiger partial charge < -0.3 is 15.7 Å². The summed E-state index contributed by atoms with van der Waals surface area (Å²) in [5.41, 5.74) is 1.40. The van der Waals surface area contributed by atoms with Gasteiger partial charge in [-0.25, -0.2) is 8.78 Å². The summed E-state index contributed by atoms with van der Waals surface area (Å²) in [6.45, 7) is 1.35. The SMILES string of the molecule is CC(=O)Nc1cccc(C(C)NCC(F)(F)CO)c1. The topological polar surface area (TPSA) is 61.4 Å². The molecule has 6 heteroatoms. The van der Waals surface area contributed by atoms with Crippen molar-refractivity contribution in [3.8, 4) is 0 Å². The van der Waals surface area contributed by atoms with Crippen molar-refractivity contribution in [3.63, 3.8) is 0 Å². The monoisotopic (exact) mass is 272 g/mol. The molecule has 3 N–H and O–H groups in total. The maximum atomic E-state index is 12.9. The Morgan fingerprint density at radius 1 is 1.47 bits per heavy atom. The average molecular weight is 272 g/mol. The molecular formula is C13H18F2N2O2. The molecule has 0 radical (unpaired) electrons. The van der Waals surface area contributed by atoms with Crippen molar-refractivity contribution in [3.05, 3.63) is 29.8 Å². The van der Waals surface area contributed by atoms with Crippen LogP contribution in [0, 0.1) is 0 Å². The summed E-state index contributed by atoms with van der Waals surface area (Å²) in [4.78, 5) is 10.9. The van der Waals surface area contributed by atoms with E-state index in [9.17, 15) is 13.6 Å². The van der Waals surface area contributed by atoms with Gasteiger partial charge in [0.25, 0.3) is 5.92 Å². The summed E-state index contributed by atoms with van der Waals surface area (Å²) < 4.78 is 25.8. The zero-order valence-electron chi connectivity index (χ0n) is 10.9. The summed E-state index contributed by atoms with van der Waals surface area (Å²) in [6, 6.07) is 6.64. The van der Waals surface area contributed by atoms with E-state index in [1.807, 2.05) is 0 Å². The highest BCUT2D eigenvalue weighted by atomic mass is 19.3. The van der Waals surface area contributed by atoms with Gasteiger partial charge in [-0.2, -0.15) is 0 Å². The van der Waals surface area contributed by atoms with Crippen molar-refractivity contribution >= 4 is 11.6 Å². The van der Waals surface area contributed by atoms with Gasteiger partial charge in [-0.3, -0.25) is 4.79 Å². The molecule has 0 fully saturated rings. The fourth-order valence-electron chi connectivity index (χ4n) is 1.57. The molecule has 1 aromatic rings. The normalized spacial score (nSPS) is 13.1. The van der Waals surface area contributed by atoms with E-state index >= 15 is 0 Å². The van der Waals surface area contributed by atoms with Gasteiger partial charge in [0.15, 0.2) is 0 Å². The quantitative estimate of drug-likeness (QED) is 0.741. The van der Waals surface area contributed by atoms with Crippen molar-refractivity contribution in [2.45, 2.75) is 25.8 Å². The highest BCUT2D eigenvalue weighted by Gasteiger charge is 2.27. The summed E-state index contributed by atoms with van der Waals surface area (Å²) >= 11 is 0. The summed E-state index contributed by atoms with van der Waals surface area (Å²) in [6.07, 6.45) is 0. The molecule has 0 bridgehead atoms. The zero-order chi connectivity index (χ0) is 14.5. The summed E-state index contributed by atoms with van der Waals surface area (Å²) in [7, 11) is 0. The van der Waals surface area contributed by atoms with Crippen LogP contribution in [-0.4, -0.2) is 30.1 Å². The maximum absolute atomic E-state index is 12.9. The Morgan fingerprint density at radius 3 is 2.74 bits per heavy atom. The number of benzene rings is 1. The van der Waals surface area contributed by atoms with Crippen LogP contribution in [0.3, 0.4) is 0 Å². The smallest absolute Gasteiger partial charge is 0.282 e. The van der Waals surface area contributed by atoms with Crippen molar-refractivity contribution in [1.29, 1.82) is 0 Å². The number of rotatable bonds is 6. The van der Waals surface area contributed by atoms with Crippen LogP contribution in [0.1, 0.15) is 25.5 Å². The van der Waals surface area contributed by atoms with Gasteiger partial charge in [0, 0.05) is 18.7 Å². The lowest BCUT2D eigenvalue weighted by atomic mass is 10.1. The lowest BCUT2D eigenvalue weighted by Crippen LogP contribution is -2.37. The second-order valence-electron chi connectivity index (χ2n) is 4.42. The van der Waals surface area contributed by atoms with Crippen LogP contribution in [0.2, 0.25) is 0 Å². The maximum Gasteiger partial charge on any atom is 0.282 e. The number of carbonyl (C=O) groups excluding carboxylic acids is 1. The fraction of sp³-hybridized carbons (Fsp3) is 0.462. The molecule has 1 unspecified atom stereocenters. The molecule has 1 amide bonds. The number of nitrogens with one attached hydrogen (secondary N) is 2. The van der Waals surface area contributed by atoms with Crippen LogP contribution in [0.4, 0.5) is 14.5 Å². The first-order valence-corrected chi connectivity index (χ1v) is 5.94. The Bertz CT molecular complexity index is 438. The van der Waals surface area contributed by atoms with Crippen molar-refractivity contribution in [2.24, 2.45) is 0 Å². The van der Waals surface area contributed by atoms with Gasteiger partial charge >= 0.3 is 0 Å². The number of anilines is 1. The third-order valence-electron chi connectivity index (χ3n) is 2.61. The first-order valence-electron chi connectivity index (χ1n) is 5.94. The Kier molecular flexibility index (Phi) is 5.38. The van der Waals surface area contributed by atoms with Gasteiger partial charge in [-0.05, 0) is 24.6 Å². The Labute approximate surface area is 110 Å². The fourth-order valence-corrected chi connectivity index (χ4v) is 1.57. The molecule has 0 aliphatic rings. The largest absolute Gasteiger partial charge is 0.390 e. The summed E-state index contributed by atoms with van der Waals surface area (Å²) in [5, 5.41) is 13.8. The molecule has 0 heterocycles. The van der Waals surface area contributed by atoms with Gasteiger partial charge in [-0.15, -0.1) is 0 Å². The van der Waals surface area contributed by atoms with E-state index in [-0.39, 0.29) is 11.9 Å². The average Bonchev–Trinajstić information content (AvgIpc) is 2.35. The molecule has 0 aromatic heterocycles. The highest BCUT2D eigenvalue weighted by molar-refractivity contribution is 5.88. The zero-order valence-corrected chi connectivity index (χ0v) is 10.9. The first-order chi connectivity index (χ1) is 8.84. The number of carbonyl (C=O) groups is 1. The minimum Gasteiger partial charge on any atom is -0.390 e. The minimum atomic E-state index is -3.14. The van der Waals surface area contributed by atoms with Gasteiger partial charge in [0.1, 0.15) is 6.61 Å². The number of aliphatic hydroxyl groups is 1. The van der Waals surface area contributed by atoms with Crippen LogP contribution in [0.15, 0.2) is 24.3 Å². The molecule has 4 nitrogen and oxygen atoms in total. The minimum absolute atomic E-state index is 0.190. The second-order valence-corrected chi connectivity index (χ2v) is 4.42. The van der Waals surface area contributed by atoms with Gasteiger partial charge in [0.05, 0.1) is 6.54 Å². The molecule has 19 heavy (non-hydrogen) atoms. The number of halogens is 2. The highest BCUT2D eigenvalue weighted by Crippen LogP contribution is 2.19. The lowest BCUT2D eigenvalue weighted by Gasteiger charge is -2.19. The van der Waals surface area contributed by atoms with Crippen LogP contribution in [0.25, 0.3) is 0 Å². The van der Waals surface area contributed by atoms with Crippen molar-refractivity contribution in [2.75, 3.05) is 18.5 Å². The van der Waals surface area contributed by atoms with E-state index in [0.717, 1.165) is 5.56 Å². The number of aliphatic hydroxyl groups excluding tert-OH is 1. The number of alkyl halides is 2. The molecule has 1 rings (SSSR count). The molecule has 1 aromatic carbocycles. The molecule has 1 atom stereocenters. The Balaban J connectivity index is 2.66. The Morgan fingerprint density at radius 2 is 2.16 bits per heavy atom. The van der Waals surface area contributed by atoms with E-state index in [1.54, 1.807) is 31.2 Å². The van der Waals surface area contributed by atoms with Gasteiger partial charge in [0.2, 0.25) is 5.91 Å². The molecule has 0 saturated heterocycles. The molecule has 0 spiro atoms. The van der Waals surface area contributed by atoms with E-state index in [0.29, 0.717) is 5.69 Å². The first kappa shape index (κ1) is 15.5. The van der Waals surface area contributed by atoms with E-state index in [4.69, 9.17) is 5.11 Å². The number of hydrogen-bond acceptors (Lipinski definition) is 3. The van der Waals surface area contributed by atoms with E-state index in [1.165, 1.54) is 6.92 Å². The second kappa shape index (κ2) is 6.58. The van der Waals surface area contributed by atoms with Crippen molar-refractivity contribution in [1.82, 2.24) is 5.32 Å². The van der Waals surface area contributed by atoms with Crippen LogP contribution < -0.4 is 10.6 Å². The molecular weight excluding hydrogens is 254 g/mol. The van der Waals surface area contributed by atoms with Crippen LogP contribution in [-0.2, 0) is 4.79 Å². The lowest BCUT2D eigenvalue weighted by molar-refractivity contribution is -0.114. The molecule has 0 saturated carbocycles. The summed E-state index contributed by atoms with van der Waals surface area (Å²) in [5.74, 6) is -3.33. The third-order valence-corrected chi connectivity index (χ3v) is 2.61. The molecule has 0 aliphatic heterocycles. The molecule has 0 aliphatic carbocycles. The van der Waals surface area contributed by atoms with Crippen LogP contribution in [0.5, 0.6) is 0 Å².